The van der Waals surface area contributed by atoms with Crippen LogP contribution in [0, 0.1) is 0 Å². The molecule has 1 aromatic carbocycles. The molecule has 1 unspecified atom stereocenters. The van der Waals surface area contributed by atoms with Gasteiger partial charge in [0.2, 0.25) is 0 Å². The van der Waals surface area contributed by atoms with Gasteiger partial charge in [-0.2, -0.15) is 0 Å². The molecule has 1 aromatic rings. The maximum Gasteiger partial charge on any atom is 0.257 e. The van der Waals surface area contributed by atoms with Crippen molar-refractivity contribution in [3.8, 4) is 11.5 Å². The molecule has 1 aliphatic rings. The van der Waals surface area contributed by atoms with Crippen molar-refractivity contribution in [3.63, 3.8) is 0 Å². The molecule has 8 heteroatoms. The van der Waals surface area contributed by atoms with Gasteiger partial charge in [-0.05, 0) is 12.1 Å². The first-order valence-electron chi connectivity index (χ1n) is 5.93. The van der Waals surface area contributed by atoms with Gasteiger partial charge >= 0.3 is 0 Å². The van der Waals surface area contributed by atoms with E-state index in [1.807, 2.05) is 0 Å². The van der Waals surface area contributed by atoms with Gasteiger partial charge in [0.1, 0.15) is 6.10 Å². The van der Waals surface area contributed by atoms with Crippen LogP contribution in [0.15, 0.2) is 23.4 Å². The first kappa shape index (κ1) is 13.9. The summed E-state index contributed by atoms with van der Waals surface area (Å²) >= 11 is 0. The van der Waals surface area contributed by atoms with E-state index >= 15 is 0 Å². The molecule has 0 bridgehead atoms. The average molecular weight is 281 g/mol. The monoisotopic (exact) mass is 281 g/mol. The highest BCUT2D eigenvalue weighted by atomic mass is 16.5. The van der Waals surface area contributed by atoms with Crippen LogP contribution < -0.4 is 5.73 Å². The maximum atomic E-state index is 12.3. The molecule has 0 spiro atoms. The van der Waals surface area contributed by atoms with Crippen molar-refractivity contribution in [3.05, 3.63) is 23.8 Å². The summed E-state index contributed by atoms with van der Waals surface area (Å²) in [6.07, 6.45) is -0.697. The molecule has 2 rings (SSSR count). The molecule has 0 aromatic heterocycles. The Morgan fingerprint density at radius 1 is 1.45 bits per heavy atom. The molecule has 1 fully saturated rings. The van der Waals surface area contributed by atoms with Crippen LogP contribution in [0.2, 0.25) is 0 Å². The van der Waals surface area contributed by atoms with Crippen molar-refractivity contribution < 1.29 is 25.0 Å². The number of carbonyl (C=O) groups excluding carboxylic acids is 1. The van der Waals surface area contributed by atoms with E-state index < -0.39 is 17.8 Å². The van der Waals surface area contributed by atoms with Gasteiger partial charge in [-0.1, -0.05) is 11.2 Å². The van der Waals surface area contributed by atoms with Gasteiger partial charge in [0.15, 0.2) is 17.3 Å². The number of amides is 1. The van der Waals surface area contributed by atoms with E-state index in [1.165, 1.54) is 23.1 Å². The van der Waals surface area contributed by atoms with Gasteiger partial charge in [0, 0.05) is 6.54 Å². The molecule has 1 saturated heterocycles. The van der Waals surface area contributed by atoms with Gasteiger partial charge in [-0.25, -0.2) is 0 Å². The van der Waals surface area contributed by atoms with Gasteiger partial charge in [0.25, 0.3) is 5.91 Å². The number of amidine groups is 1. The number of oxime groups is 1. The Morgan fingerprint density at radius 3 is 2.90 bits per heavy atom. The van der Waals surface area contributed by atoms with Gasteiger partial charge < -0.3 is 30.8 Å². The van der Waals surface area contributed by atoms with Crippen molar-refractivity contribution in [2.24, 2.45) is 10.9 Å². The quantitative estimate of drug-likeness (QED) is 0.193. The lowest BCUT2D eigenvalue weighted by Crippen LogP contribution is -2.50. The first-order valence-corrected chi connectivity index (χ1v) is 5.93. The first-order chi connectivity index (χ1) is 9.54. The number of phenols is 2. The minimum atomic E-state index is -0.697. The molecule has 108 valence electrons. The van der Waals surface area contributed by atoms with E-state index in [-0.39, 0.29) is 30.3 Å². The summed E-state index contributed by atoms with van der Waals surface area (Å²) in [5, 5.41) is 30.6. The number of para-hydroxylation sites is 1. The highest BCUT2D eigenvalue weighted by Gasteiger charge is 2.29. The summed E-state index contributed by atoms with van der Waals surface area (Å²) in [5.74, 6) is -1.42. The fourth-order valence-electron chi connectivity index (χ4n) is 1.95. The topological polar surface area (TPSA) is 129 Å². The number of morpholine rings is 1. The third kappa shape index (κ3) is 2.59. The maximum absolute atomic E-state index is 12.3. The highest BCUT2D eigenvalue weighted by Crippen LogP contribution is 2.29. The van der Waals surface area contributed by atoms with Gasteiger partial charge in [-0.15, -0.1) is 0 Å². The molecule has 1 amide bonds. The molecule has 0 radical (unpaired) electrons. The Balaban J connectivity index is 2.19. The van der Waals surface area contributed by atoms with Crippen LogP contribution in [0.5, 0.6) is 11.5 Å². The number of rotatable bonds is 2. The predicted octanol–water partition coefficient (Wildman–Crippen LogP) is -0.315. The second kappa shape index (κ2) is 5.66. The van der Waals surface area contributed by atoms with E-state index in [1.54, 1.807) is 0 Å². The lowest BCUT2D eigenvalue weighted by Gasteiger charge is -2.32. The molecular formula is C12H15N3O5. The van der Waals surface area contributed by atoms with Crippen LogP contribution in [0.25, 0.3) is 0 Å². The van der Waals surface area contributed by atoms with E-state index in [2.05, 4.69) is 5.16 Å². The van der Waals surface area contributed by atoms with E-state index in [9.17, 15) is 15.0 Å². The van der Waals surface area contributed by atoms with Crippen molar-refractivity contribution in [1.82, 2.24) is 4.90 Å². The fourth-order valence-corrected chi connectivity index (χ4v) is 1.95. The zero-order valence-electron chi connectivity index (χ0n) is 10.6. The number of hydrogen-bond acceptors (Lipinski definition) is 6. The molecule has 20 heavy (non-hydrogen) atoms. The number of hydrogen-bond donors (Lipinski definition) is 4. The number of carbonyl (C=O) groups is 1. The lowest BCUT2D eigenvalue weighted by atomic mass is 10.1. The van der Waals surface area contributed by atoms with Crippen molar-refractivity contribution in [1.29, 1.82) is 0 Å². The van der Waals surface area contributed by atoms with E-state index in [4.69, 9.17) is 15.7 Å². The van der Waals surface area contributed by atoms with E-state index in [0.29, 0.717) is 6.54 Å². The van der Waals surface area contributed by atoms with Gasteiger partial charge in [-0.3, -0.25) is 4.79 Å². The number of phenolic OH excluding ortho intramolecular Hbond substituents is 2. The van der Waals surface area contributed by atoms with Gasteiger partial charge in [0.05, 0.1) is 18.7 Å². The summed E-state index contributed by atoms with van der Waals surface area (Å²) in [7, 11) is 0. The Kier molecular flexibility index (Phi) is 3.94. The molecule has 8 nitrogen and oxygen atoms in total. The fraction of sp³-hybridized carbons (Fsp3) is 0.333. The van der Waals surface area contributed by atoms with Crippen LogP contribution in [0.4, 0.5) is 0 Å². The lowest BCUT2D eigenvalue weighted by molar-refractivity contribution is 0.00660. The normalized spacial score (nSPS) is 19.9. The third-order valence-corrected chi connectivity index (χ3v) is 3.04. The second-order valence-corrected chi connectivity index (χ2v) is 4.31. The summed E-state index contributed by atoms with van der Waals surface area (Å²) in [4.78, 5) is 13.7. The SMILES string of the molecule is N/C(=N/O)C1CN(C(=O)c2cccc(O)c2O)CCO1. The molecule has 0 aliphatic carbocycles. The summed E-state index contributed by atoms with van der Waals surface area (Å²) in [6, 6.07) is 4.15. The number of nitrogens with zero attached hydrogens (tertiary/aromatic N) is 2. The molecule has 1 heterocycles. The van der Waals surface area contributed by atoms with Crippen LogP contribution in [-0.2, 0) is 4.74 Å². The predicted molar refractivity (Wildman–Crippen MR) is 68.8 cm³/mol. The summed E-state index contributed by atoms with van der Waals surface area (Å²) in [6.45, 7) is 0.638. The zero-order valence-corrected chi connectivity index (χ0v) is 10.6. The van der Waals surface area contributed by atoms with Crippen LogP contribution in [-0.4, -0.2) is 57.9 Å². The van der Waals surface area contributed by atoms with Crippen LogP contribution in [0.1, 0.15) is 10.4 Å². The highest BCUT2D eigenvalue weighted by molar-refractivity contribution is 5.98. The molecule has 5 N–H and O–H groups in total. The Hall–Kier alpha value is -2.48. The minimum absolute atomic E-state index is 0.00911. The Labute approximate surface area is 114 Å². The second-order valence-electron chi connectivity index (χ2n) is 4.31. The van der Waals surface area contributed by atoms with Crippen LogP contribution >= 0.6 is 0 Å². The number of ether oxygens (including phenoxy) is 1. The van der Waals surface area contributed by atoms with E-state index in [0.717, 1.165) is 0 Å². The average Bonchev–Trinajstić information content (AvgIpc) is 2.48. The van der Waals surface area contributed by atoms with Crippen molar-refractivity contribution in [2.45, 2.75) is 6.10 Å². The third-order valence-electron chi connectivity index (χ3n) is 3.04. The molecule has 1 aliphatic heterocycles. The van der Waals surface area contributed by atoms with Crippen LogP contribution in [0.3, 0.4) is 0 Å². The summed E-state index contributed by atoms with van der Waals surface area (Å²) < 4.78 is 5.28. The molecule has 0 saturated carbocycles. The van der Waals surface area contributed by atoms with Crippen molar-refractivity contribution in [2.75, 3.05) is 19.7 Å². The molecule has 1 atom stereocenters. The largest absolute Gasteiger partial charge is 0.504 e. The summed E-state index contributed by atoms with van der Waals surface area (Å²) in [5.41, 5.74) is 5.44. The zero-order chi connectivity index (χ0) is 14.7. The van der Waals surface area contributed by atoms with Crippen molar-refractivity contribution >= 4 is 11.7 Å². The smallest absolute Gasteiger partial charge is 0.257 e. The Bertz CT molecular complexity index is 546. The standard InChI is InChI=1S/C12H15N3O5/c13-11(14-19)9-6-15(4-5-20-9)12(18)7-2-1-3-8(16)10(7)17/h1-3,9,16-17,19H,4-6H2,(H2,13,14). The number of nitrogens with two attached hydrogens (primary N) is 1. The Morgan fingerprint density at radius 2 is 2.20 bits per heavy atom. The minimum Gasteiger partial charge on any atom is -0.504 e. The molecular weight excluding hydrogens is 266 g/mol. The number of benzene rings is 1. The number of aromatic hydroxyl groups is 2.